The molecule has 0 aromatic heterocycles. The second-order valence-corrected chi connectivity index (χ2v) is 16.5. The molecule has 0 heterocycles. The van der Waals surface area contributed by atoms with Crippen molar-refractivity contribution in [2.75, 3.05) is 26.4 Å². The summed E-state index contributed by atoms with van der Waals surface area (Å²) in [6.45, 7) is 12.6. The molecule has 318 valence electrons. The molecular weight excluding hydrogens is 757 g/mol. The van der Waals surface area contributed by atoms with Crippen molar-refractivity contribution in [3.8, 4) is 22.6 Å². The van der Waals surface area contributed by atoms with Crippen LogP contribution in [0.4, 0.5) is 0 Å². The van der Waals surface area contributed by atoms with Crippen LogP contribution in [0.3, 0.4) is 0 Å². The van der Waals surface area contributed by atoms with Crippen LogP contribution in [0.1, 0.15) is 85.0 Å². The Kier molecular flexibility index (Phi) is 14.5. The van der Waals surface area contributed by atoms with E-state index < -0.39 is 12.1 Å². The van der Waals surface area contributed by atoms with E-state index >= 15 is 0 Å². The summed E-state index contributed by atoms with van der Waals surface area (Å²) in [4.78, 5) is 0. The summed E-state index contributed by atoms with van der Waals surface area (Å²) in [5.74, 6) is 0.208. The molecule has 6 rings (SSSR count). The van der Waals surface area contributed by atoms with Crippen LogP contribution in [-0.4, -0.2) is 69.2 Å². The third kappa shape index (κ3) is 9.58. The van der Waals surface area contributed by atoms with Crippen molar-refractivity contribution in [3.05, 3.63) is 141 Å². The fourth-order valence-corrected chi connectivity index (χ4v) is 8.41. The van der Waals surface area contributed by atoms with Gasteiger partial charge in [0.1, 0.15) is 23.0 Å². The van der Waals surface area contributed by atoms with E-state index in [1.165, 1.54) is 0 Å². The normalized spacial score (nSPS) is 16.4. The predicted octanol–water partition coefficient (Wildman–Crippen LogP) is 9.06. The van der Waals surface area contributed by atoms with E-state index in [1.54, 1.807) is 12.4 Å². The highest BCUT2D eigenvalue weighted by molar-refractivity contribution is 5.99. The monoisotopic (exact) mass is 816 g/mol. The quantitative estimate of drug-likeness (QED) is 0.0516. The van der Waals surface area contributed by atoms with Gasteiger partial charge in [-0.1, -0.05) is 100 Å². The number of aryl methyl sites for hydroxylation is 2. The third-order valence-corrected chi connectivity index (χ3v) is 11.2. The van der Waals surface area contributed by atoms with Gasteiger partial charge in [-0.15, -0.1) is 0 Å². The summed E-state index contributed by atoms with van der Waals surface area (Å²) in [6, 6.07) is 22.6. The zero-order valence-corrected chi connectivity index (χ0v) is 35.5. The highest BCUT2D eigenvalue weighted by atomic mass is 16.5. The standard InChI is InChI=1S/C50H60N2O8/c1-29(2)43-39-17-31(5)45(49(57)47(39)35(19-41(43)55)21-51-37(23-53)27-59-25-33-13-9-7-10-14-33)46-32(6)18-40-44(30(3)4)42(56)20-36(48(40)50(46)58)22-52-38(24-54)28-60-26-34-15-11-8-12-16-34/h7-18,21-22,29-30,37-38,51-58H,19-20,23-28H2,1-6H3/b35-21+,36-22+/t37-,38-/m1/s1. The van der Waals surface area contributed by atoms with Crippen molar-refractivity contribution >= 4 is 22.3 Å². The molecule has 0 unspecified atom stereocenters. The van der Waals surface area contributed by atoms with Gasteiger partial charge in [0.2, 0.25) is 0 Å². The number of rotatable bonds is 17. The minimum atomic E-state index is -0.458. The van der Waals surface area contributed by atoms with Gasteiger partial charge in [-0.05, 0) is 70.2 Å². The Morgan fingerprint density at radius 2 is 0.933 bits per heavy atom. The molecule has 0 fully saturated rings. The number of hydrogen-bond acceptors (Lipinski definition) is 10. The second kappa shape index (κ2) is 19.7. The maximum atomic E-state index is 12.5. The van der Waals surface area contributed by atoms with Crippen molar-refractivity contribution in [3.63, 3.8) is 0 Å². The molecule has 0 amide bonds. The molecule has 0 spiro atoms. The number of allylic oxidation sites excluding steroid dienone is 4. The van der Waals surface area contributed by atoms with Gasteiger partial charge >= 0.3 is 0 Å². The SMILES string of the molecule is Cc1cc2c(c(O)c1-c1c(C)cc3c(c1O)/C(=C/N[C@H](CO)COCc1ccccc1)CC(O)=C3C(C)C)/C(=C/N[C@H](CO)COCc1ccccc1)CC(O)=C2C(C)C. The molecule has 0 aliphatic heterocycles. The topological polar surface area (TPSA) is 164 Å². The average Bonchev–Trinajstić information content (AvgIpc) is 3.21. The van der Waals surface area contributed by atoms with Gasteiger partial charge in [-0.3, -0.25) is 0 Å². The fourth-order valence-electron chi connectivity index (χ4n) is 8.41. The van der Waals surface area contributed by atoms with E-state index in [0.717, 1.165) is 22.3 Å². The molecule has 0 saturated carbocycles. The summed E-state index contributed by atoms with van der Waals surface area (Å²) in [7, 11) is 0. The van der Waals surface area contributed by atoms with Crippen LogP contribution in [0.5, 0.6) is 11.5 Å². The van der Waals surface area contributed by atoms with E-state index in [-0.39, 0.29) is 74.1 Å². The smallest absolute Gasteiger partial charge is 0.131 e. The molecule has 4 aromatic rings. The maximum Gasteiger partial charge on any atom is 0.131 e. The Morgan fingerprint density at radius 3 is 1.27 bits per heavy atom. The number of phenols is 2. The van der Waals surface area contributed by atoms with Crippen LogP contribution in [0, 0.1) is 25.7 Å². The Balaban J connectivity index is 1.40. The number of phenolic OH excluding ortho intramolecular Hbond substituents is 2. The maximum absolute atomic E-state index is 12.5. The molecule has 60 heavy (non-hydrogen) atoms. The molecule has 4 aromatic carbocycles. The molecule has 0 radical (unpaired) electrons. The van der Waals surface area contributed by atoms with Crippen LogP contribution in [0.2, 0.25) is 0 Å². The molecule has 0 bridgehead atoms. The molecule has 10 heteroatoms. The largest absolute Gasteiger partial charge is 0.512 e. The number of aromatic hydroxyl groups is 2. The summed E-state index contributed by atoms with van der Waals surface area (Å²) in [6.07, 6.45) is 3.74. The van der Waals surface area contributed by atoms with Crippen molar-refractivity contribution < 1.29 is 40.1 Å². The molecule has 10 nitrogen and oxygen atoms in total. The molecular formula is C50H60N2O8. The van der Waals surface area contributed by atoms with Crippen LogP contribution in [0.15, 0.2) is 96.7 Å². The number of aliphatic hydroxyl groups excluding tert-OH is 4. The first kappa shape index (κ1) is 44.0. The Morgan fingerprint density at radius 1 is 0.567 bits per heavy atom. The fraction of sp³-hybridized carbons (Fsp3) is 0.360. The minimum Gasteiger partial charge on any atom is -0.512 e. The highest BCUT2D eigenvalue weighted by Gasteiger charge is 2.34. The van der Waals surface area contributed by atoms with E-state index in [2.05, 4.69) is 10.6 Å². The Labute approximate surface area is 353 Å². The lowest BCUT2D eigenvalue weighted by Crippen LogP contribution is -2.33. The zero-order valence-electron chi connectivity index (χ0n) is 35.5. The van der Waals surface area contributed by atoms with Crippen LogP contribution >= 0.6 is 0 Å². The lowest BCUT2D eigenvalue weighted by molar-refractivity contribution is 0.0825. The van der Waals surface area contributed by atoms with E-state index in [0.29, 0.717) is 68.9 Å². The van der Waals surface area contributed by atoms with Crippen molar-refractivity contribution in [2.24, 2.45) is 11.8 Å². The first-order chi connectivity index (χ1) is 28.8. The minimum absolute atomic E-state index is 0.0410. The van der Waals surface area contributed by atoms with Gasteiger partial charge in [0.25, 0.3) is 0 Å². The van der Waals surface area contributed by atoms with Crippen molar-refractivity contribution in [2.45, 2.75) is 79.7 Å². The van der Waals surface area contributed by atoms with Crippen LogP contribution in [0.25, 0.3) is 33.4 Å². The summed E-state index contributed by atoms with van der Waals surface area (Å²) >= 11 is 0. The van der Waals surface area contributed by atoms with Gasteiger partial charge < -0.3 is 50.7 Å². The lowest BCUT2D eigenvalue weighted by atomic mass is 9.75. The van der Waals surface area contributed by atoms with Gasteiger partial charge in [0.15, 0.2) is 0 Å². The number of hydrogen-bond donors (Lipinski definition) is 8. The number of aliphatic hydroxyl groups is 4. The summed E-state index contributed by atoms with van der Waals surface area (Å²) in [5.41, 5.74) is 9.48. The Hall–Kier alpha value is -5.52. The molecule has 2 aliphatic rings. The number of fused-ring (bicyclic) bond motifs is 2. The van der Waals surface area contributed by atoms with Crippen molar-refractivity contribution in [1.29, 1.82) is 0 Å². The van der Waals surface area contributed by atoms with E-state index in [9.17, 15) is 30.6 Å². The van der Waals surface area contributed by atoms with Gasteiger partial charge in [0.05, 0.1) is 51.7 Å². The summed E-state index contributed by atoms with van der Waals surface area (Å²) in [5, 5.41) is 74.9. The highest BCUT2D eigenvalue weighted by Crippen LogP contribution is 2.54. The van der Waals surface area contributed by atoms with Crippen molar-refractivity contribution in [1.82, 2.24) is 10.6 Å². The van der Waals surface area contributed by atoms with Gasteiger partial charge in [0, 0.05) is 58.6 Å². The Bertz CT molecular complexity index is 2110. The number of benzene rings is 4. The first-order valence-corrected chi connectivity index (χ1v) is 20.8. The van der Waals surface area contributed by atoms with Gasteiger partial charge in [-0.25, -0.2) is 0 Å². The second-order valence-electron chi connectivity index (χ2n) is 16.5. The van der Waals surface area contributed by atoms with Gasteiger partial charge in [-0.2, -0.15) is 0 Å². The third-order valence-electron chi connectivity index (χ3n) is 11.2. The number of nitrogens with one attached hydrogen (secondary N) is 2. The van der Waals surface area contributed by atoms with E-state index in [1.807, 2.05) is 114 Å². The predicted molar refractivity (Wildman–Crippen MR) is 239 cm³/mol. The van der Waals surface area contributed by atoms with Crippen LogP contribution < -0.4 is 10.6 Å². The molecule has 2 aliphatic carbocycles. The first-order valence-electron chi connectivity index (χ1n) is 20.8. The molecule has 8 N–H and O–H groups in total. The molecule has 2 atom stereocenters. The van der Waals surface area contributed by atoms with E-state index in [4.69, 9.17) is 9.47 Å². The molecule has 0 saturated heterocycles. The summed E-state index contributed by atoms with van der Waals surface area (Å²) < 4.78 is 11.8. The average molecular weight is 817 g/mol. The lowest BCUT2D eigenvalue weighted by Gasteiger charge is -2.31. The van der Waals surface area contributed by atoms with Crippen LogP contribution in [-0.2, 0) is 22.7 Å². The number of ether oxygens (including phenoxy) is 2. The zero-order chi connectivity index (χ0) is 43.1.